The zero-order chi connectivity index (χ0) is 23.2. The molecule has 0 unspecified atom stereocenters. The summed E-state index contributed by atoms with van der Waals surface area (Å²) in [5, 5.41) is 2.68. The SMILES string of the molecule is O=C(C=Cc1ccc(SC(F)(F)F)cc1)NCc1ccc(S(=O)(=O)N2CCOCC2)cc1. The van der Waals surface area contributed by atoms with Gasteiger partial charge in [0, 0.05) is 30.6 Å². The number of hydrogen-bond acceptors (Lipinski definition) is 5. The van der Waals surface area contributed by atoms with E-state index >= 15 is 0 Å². The molecule has 0 spiro atoms. The number of rotatable bonds is 7. The van der Waals surface area contributed by atoms with E-state index in [4.69, 9.17) is 4.74 Å². The van der Waals surface area contributed by atoms with Gasteiger partial charge in [-0.3, -0.25) is 4.79 Å². The van der Waals surface area contributed by atoms with Crippen LogP contribution < -0.4 is 5.32 Å². The van der Waals surface area contributed by atoms with Crippen molar-refractivity contribution in [2.45, 2.75) is 21.8 Å². The van der Waals surface area contributed by atoms with E-state index in [2.05, 4.69) is 5.32 Å². The number of nitrogens with zero attached hydrogens (tertiary/aromatic N) is 1. The van der Waals surface area contributed by atoms with Crippen molar-refractivity contribution in [1.29, 1.82) is 0 Å². The largest absolute Gasteiger partial charge is 0.446 e. The number of carbonyl (C=O) groups is 1. The van der Waals surface area contributed by atoms with Crippen LogP contribution in [0.3, 0.4) is 0 Å². The van der Waals surface area contributed by atoms with E-state index in [-0.39, 0.29) is 34.0 Å². The maximum absolute atomic E-state index is 12.6. The number of thioether (sulfide) groups is 1. The first-order valence-corrected chi connectivity index (χ1v) is 11.9. The molecular formula is C21H21F3N2O4S2. The highest BCUT2D eigenvalue weighted by Crippen LogP contribution is 2.36. The highest BCUT2D eigenvalue weighted by atomic mass is 32.2. The Kier molecular flexibility index (Phi) is 7.99. The number of sulfonamides is 1. The van der Waals surface area contributed by atoms with Crippen LogP contribution in [0.25, 0.3) is 6.08 Å². The number of alkyl halides is 3. The van der Waals surface area contributed by atoms with Crippen LogP contribution in [-0.2, 0) is 26.1 Å². The standard InChI is InChI=1S/C21H21F3N2O4S2/c22-21(23,24)31-18-6-1-16(2-7-18)5-10-20(27)25-15-17-3-8-19(9-4-17)32(28,29)26-11-13-30-14-12-26/h1-10H,11-15H2,(H,25,27). The van der Waals surface area contributed by atoms with E-state index < -0.39 is 15.5 Å². The van der Waals surface area contributed by atoms with Crippen LogP contribution >= 0.6 is 11.8 Å². The van der Waals surface area contributed by atoms with E-state index in [9.17, 15) is 26.4 Å². The molecule has 3 rings (SSSR count). The lowest BCUT2D eigenvalue weighted by Crippen LogP contribution is -2.40. The van der Waals surface area contributed by atoms with Gasteiger partial charge < -0.3 is 10.1 Å². The van der Waals surface area contributed by atoms with Crippen LogP contribution in [0.15, 0.2) is 64.4 Å². The summed E-state index contributed by atoms with van der Waals surface area (Å²) in [6.45, 7) is 1.57. The molecule has 1 saturated heterocycles. The molecule has 172 valence electrons. The first kappa shape index (κ1) is 24.3. The van der Waals surface area contributed by atoms with Crippen molar-refractivity contribution in [2.75, 3.05) is 26.3 Å². The van der Waals surface area contributed by atoms with Gasteiger partial charge >= 0.3 is 5.51 Å². The second-order valence-electron chi connectivity index (χ2n) is 6.83. The number of carbonyl (C=O) groups excluding carboxylic acids is 1. The molecule has 2 aromatic rings. The highest BCUT2D eigenvalue weighted by molar-refractivity contribution is 8.00. The predicted octanol–water partition coefficient (Wildman–Crippen LogP) is 3.65. The maximum Gasteiger partial charge on any atom is 0.446 e. The summed E-state index contributed by atoms with van der Waals surface area (Å²) >= 11 is -0.199. The first-order valence-electron chi connectivity index (χ1n) is 9.62. The van der Waals surface area contributed by atoms with Crippen molar-refractivity contribution in [3.05, 3.63) is 65.7 Å². The Morgan fingerprint density at radius 3 is 2.28 bits per heavy atom. The van der Waals surface area contributed by atoms with Gasteiger partial charge in [-0.1, -0.05) is 24.3 Å². The van der Waals surface area contributed by atoms with Crippen molar-refractivity contribution in [2.24, 2.45) is 0 Å². The molecule has 0 aromatic heterocycles. The topological polar surface area (TPSA) is 75.7 Å². The van der Waals surface area contributed by atoms with E-state index in [0.717, 1.165) is 5.56 Å². The molecule has 11 heteroatoms. The quantitative estimate of drug-likeness (QED) is 0.478. The summed E-state index contributed by atoms with van der Waals surface area (Å²) in [7, 11) is -3.57. The molecule has 0 saturated carbocycles. The number of nitrogens with one attached hydrogen (secondary N) is 1. The van der Waals surface area contributed by atoms with Gasteiger partial charge in [0.15, 0.2) is 0 Å². The van der Waals surface area contributed by atoms with Gasteiger partial charge in [-0.15, -0.1) is 0 Å². The molecule has 1 N–H and O–H groups in total. The Bertz CT molecular complexity index is 1050. The minimum absolute atomic E-state index is 0.0678. The van der Waals surface area contributed by atoms with E-state index in [1.54, 1.807) is 12.1 Å². The van der Waals surface area contributed by atoms with Crippen LogP contribution in [0.2, 0.25) is 0 Å². The second kappa shape index (κ2) is 10.5. The molecule has 2 aromatic carbocycles. The van der Waals surface area contributed by atoms with Crippen molar-refractivity contribution >= 4 is 33.8 Å². The molecule has 0 bridgehead atoms. The van der Waals surface area contributed by atoms with E-state index in [0.29, 0.717) is 31.9 Å². The number of benzene rings is 2. The van der Waals surface area contributed by atoms with Crippen LogP contribution in [-0.4, -0.2) is 50.4 Å². The van der Waals surface area contributed by atoms with Crippen LogP contribution in [0, 0.1) is 0 Å². The first-order chi connectivity index (χ1) is 15.1. The Morgan fingerprint density at radius 2 is 1.69 bits per heavy atom. The molecule has 1 aliphatic heterocycles. The molecule has 1 fully saturated rings. The van der Waals surface area contributed by atoms with Crippen LogP contribution in [0.1, 0.15) is 11.1 Å². The van der Waals surface area contributed by atoms with Crippen molar-refractivity contribution in [3.8, 4) is 0 Å². The van der Waals surface area contributed by atoms with Gasteiger partial charge in [0.25, 0.3) is 0 Å². The van der Waals surface area contributed by atoms with Gasteiger partial charge in [-0.05, 0) is 53.2 Å². The smallest absolute Gasteiger partial charge is 0.379 e. The summed E-state index contributed by atoms with van der Waals surface area (Å²) in [5.74, 6) is -0.385. The van der Waals surface area contributed by atoms with Gasteiger partial charge in [0.05, 0.1) is 18.1 Å². The molecule has 1 amide bonds. The molecular weight excluding hydrogens is 465 g/mol. The molecule has 0 atom stereocenters. The number of amides is 1. The highest BCUT2D eigenvalue weighted by Gasteiger charge is 2.29. The number of ether oxygens (including phenoxy) is 1. The lowest BCUT2D eigenvalue weighted by molar-refractivity contribution is -0.116. The maximum atomic E-state index is 12.6. The van der Waals surface area contributed by atoms with E-state index in [1.165, 1.54) is 52.9 Å². The summed E-state index contributed by atoms with van der Waals surface area (Å²) in [4.78, 5) is 12.3. The van der Waals surface area contributed by atoms with E-state index in [1.807, 2.05) is 0 Å². The Labute approximate surface area is 188 Å². The third-order valence-corrected chi connectivity index (χ3v) is 7.19. The predicted molar refractivity (Wildman–Crippen MR) is 115 cm³/mol. The molecule has 6 nitrogen and oxygen atoms in total. The van der Waals surface area contributed by atoms with Crippen LogP contribution in [0.5, 0.6) is 0 Å². The van der Waals surface area contributed by atoms with Gasteiger partial charge in [0.2, 0.25) is 15.9 Å². The number of halogens is 3. The fourth-order valence-corrected chi connectivity index (χ4v) is 4.86. The molecule has 32 heavy (non-hydrogen) atoms. The van der Waals surface area contributed by atoms with Crippen molar-refractivity contribution in [1.82, 2.24) is 9.62 Å². The monoisotopic (exact) mass is 486 g/mol. The lowest BCUT2D eigenvalue weighted by atomic mass is 10.2. The van der Waals surface area contributed by atoms with Gasteiger partial charge in [-0.25, -0.2) is 8.42 Å². The Hall–Kier alpha value is -2.34. The average molecular weight is 487 g/mol. The van der Waals surface area contributed by atoms with Gasteiger partial charge in [-0.2, -0.15) is 17.5 Å². The lowest BCUT2D eigenvalue weighted by Gasteiger charge is -2.26. The fourth-order valence-electron chi connectivity index (χ4n) is 2.92. The van der Waals surface area contributed by atoms with Crippen LogP contribution in [0.4, 0.5) is 13.2 Å². The number of hydrogen-bond donors (Lipinski definition) is 1. The fraction of sp³-hybridized carbons (Fsp3) is 0.286. The van der Waals surface area contributed by atoms with Crippen molar-refractivity contribution in [3.63, 3.8) is 0 Å². The summed E-state index contributed by atoms with van der Waals surface area (Å²) in [6.07, 6.45) is 2.78. The minimum atomic E-state index is -4.35. The Morgan fingerprint density at radius 1 is 1.06 bits per heavy atom. The zero-order valence-corrected chi connectivity index (χ0v) is 18.5. The van der Waals surface area contributed by atoms with Gasteiger partial charge in [0.1, 0.15) is 0 Å². The average Bonchev–Trinajstić information content (AvgIpc) is 2.77. The summed E-state index contributed by atoms with van der Waals surface area (Å²) < 4.78 is 68.8. The summed E-state index contributed by atoms with van der Waals surface area (Å²) in [5.41, 5.74) is -3.03. The third kappa shape index (κ3) is 7.09. The van der Waals surface area contributed by atoms with Crippen molar-refractivity contribution < 1.29 is 31.1 Å². The minimum Gasteiger partial charge on any atom is -0.379 e. The Balaban J connectivity index is 1.51. The molecule has 1 aliphatic rings. The number of morpholine rings is 1. The second-order valence-corrected chi connectivity index (χ2v) is 9.90. The summed E-state index contributed by atoms with van der Waals surface area (Å²) in [6, 6.07) is 11.9. The normalized spacial score (nSPS) is 15.7. The zero-order valence-electron chi connectivity index (χ0n) is 16.8. The third-order valence-electron chi connectivity index (χ3n) is 4.54. The molecule has 1 heterocycles. The molecule has 0 aliphatic carbocycles. The molecule has 0 radical (unpaired) electrons.